The van der Waals surface area contributed by atoms with E-state index in [0.717, 1.165) is 56.4 Å². The lowest BCUT2D eigenvalue weighted by atomic mass is 9.81. The van der Waals surface area contributed by atoms with Crippen LogP contribution in [0, 0.1) is 0 Å². The van der Waals surface area contributed by atoms with Crippen LogP contribution < -0.4 is 9.80 Å². The summed E-state index contributed by atoms with van der Waals surface area (Å²) in [5.41, 5.74) is 30.6. The van der Waals surface area contributed by atoms with E-state index in [1.165, 1.54) is 154 Å². The van der Waals surface area contributed by atoms with E-state index in [2.05, 4.69) is 426 Å². The maximum absolute atomic E-state index is 2.49. The largest absolute Gasteiger partial charge is 0.310 e. The van der Waals surface area contributed by atoms with Crippen LogP contribution in [0.25, 0.3) is 154 Å². The van der Waals surface area contributed by atoms with Crippen LogP contribution in [0.1, 0.15) is 49.9 Å². The second-order valence-electron chi connectivity index (χ2n) is 31.1. The monoisotopic (exact) mass is 1400 g/mol. The Morgan fingerprint density at radius 3 is 1.11 bits per heavy atom. The summed E-state index contributed by atoms with van der Waals surface area (Å²) in [6.45, 7) is 9.57. The second kappa shape index (κ2) is 25.5. The summed E-state index contributed by atoms with van der Waals surface area (Å²) >= 11 is 0. The Labute approximate surface area is 642 Å². The highest BCUT2D eigenvalue weighted by molar-refractivity contribution is 6.16. The van der Waals surface area contributed by atoms with Crippen molar-refractivity contribution < 1.29 is 0 Å². The SMILES string of the molecule is CC1(C)c2ccccc2-c2ccc(-c3ccc(N(c4cc(-c5ccc6c(c5)-c5ccc(N(c7cccc(-c8cccc9ccccc89)c7)c7cccc(-c8cc9ccccc9c9ccccc89)c7)cc5C6(C)C)cc(-c5cccc6ccccc56)c4)c4cccc(-c5cc6ccccc6c6ccccc56)c4)cc3)cc21. The number of hydrogen-bond donors (Lipinski definition) is 0. The quantitative estimate of drug-likeness (QED) is 0.113. The minimum absolute atomic E-state index is 0.116. The topological polar surface area (TPSA) is 6.48 Å². The summed E-state index contributed by atoms with van der Waals surface area (Å²) in [6, 6.07) is 146. The smallest absolute Gasteiger partial charge is 0.0473 e. The molecule has 0 aliphatic heterocycles. The summed E-state index contributed by atoms with van der Waals surface area (Å²) in [5, 5.41) is 14.8. The fourth-order valence-corrected chi connectivity index (χ4v) is 18.7. The van der Waals surface area contributed by atoms with Gasteiger partial charge < -0.3 is 9.80 Å². The fraction of sp³-hybridized carbons (Fsp3) is 0.0556. The zero-order chi connectivity index (χ0) is 73.3. The molecule has 0 fully saturated rings. The third-order valence-electron chi connectivity index (χ3n) is 24.1. The van der Waals surface area contributed by atoms with Crippen LogP contribution in [0.4, 0.5) is 34.1 Å². The first kappa shape index (κ1) is 64.7. The summed E-state index contributed by atoms with van der Waals surface area (Å²) in [6.07, 6.45) is 0. The molecular weight excluding hydrogens is 1330 g/mol. The average molecular weight is 1400 g/mol. The van der Waals surface area contributed by atoms with Gasteiger partial charge in [0.15, 0.2) is 0 Å². The number of benzene rings is 19. The van der Waals surface area contributed by atoms with Crippen molar-refractivity contribution in [2.75, 3.05) is 9.80 Å². The van der Waals surface area contributed by atoms with Gasteiger partial charge in [0.1, 0.15) is 0 Å². The Kier molecular flexibility index (Phi) is 15.0. The van der Waals surface area contributed by atoms with Gasteiger partial charge in [0.25, 0.3) is 0 Å². The van der Waals surface area contributed by atoms with Crippen molar-refractivity contribution >= 4 is 98.8 Å². The van der Waals surface area contributed by atoms with Gasteiger partial charge in [0.2, 0.25) is 0 Å². The molecule has 19 aromatic rings. The first-order valence-electron chi connectivity index (χ1n) is 38.5. The van der Waals surface area contributed by atoms with Crippen LogP contribution in [0.3, 0.4) is 0 Å². The Morgan fingerprint density at radius 2 is 0.518 bits per heavy atom. The van der Waals surface area contributed by atoms with E-state index in [1.807, 2.05) is 0 Å². The zero-order valence-electron chi connectivity index (χ0n) is 61.8. The molecule has 0 atom stereocenters. The lowest BCUT2D eigenvalue weighted by Crippen LogP contribution is -2.16. The van der Waals surface area contributed by atoms with E-state index < -0.39 is 0 Å². The Morgan fingerprint density at radius 1 is 0.155 bits per heavy atom. The van der Waals surface area contributed by atoms with Crippen molar-refractivity contribution in [3.8, 4) is 89.0 Å². The molecule has 19 aromatic carbocycles. The highest BCUT2D eigenvalue weighted by Gasteiger charge is 2.38. The van der Waals surface area contributed by atoms with Gasteiger partial charge in [-0.1, -0.05) is 313 Å². The van der Waals surface area contributed by atoms with Crippen molar-refractivity contribution in [3.63, 3.8) is 0 Å². The molecule has 0 saturated heterocycles. The van der Waals surface area contributed by atoms with Gasteiger partial charge >= 0.3 is 0 Å². The number of hydrogen-bond acceptors (Lipinski definition) is 2. The Balaban J connectivity index is 0.723. The number of anilines is 6. The van der Waals surface area contributed by atoms with Gasteiger partial charge in [0, 0.05) is 45.0 Å². The minimum Gasteiger partial charge on any atom is -0.310 e. The molecular formula is C108H76N2. The predicted molar refractivity (Wildman–Crippen MR) is 469 cm³/mol. The zero-order valence-corrected chi connectivity index (χ0v) is 61.8. The molecule has 0 saturated carbocycles. The van der Waals surface area contributed by atoms with Crippen LogP contribution >= 0.6 is 0 Å². The van der Waals surface area contributed by atoms with Crippen molar-refractivity contribution in [2.24, 2.45) is 0 Å². The molecule has 21 rings (SSSR count). The van der Waals surface area contributed by atoms with Gasteiger partial charge in [-0.2, -0.15) is 0 Å². The third kappa shape index (κ3) is 10.6. The van der Waals surface area contributed by atoms with Gasteiger partial charge in [0.05, 0.1) is 0 Å². The van der Waals surface area contributed by atoms with E-state index in [4.69, 9.17) is 0 Å². The van der Waals surface area contributed by atoms with E-state index in [-0.39, 0.29) is 10.8 Å². The number of rotatable bonds is 12. The Hall–Kier alpha value is -13.7. The van der Waals surface area contributed by atoms with E-state index in [0.29, 0.717) is 0 Å². The van der Waals surface area contributed by atoms with Gasteiger partial charge in [-0.3, -0.25) is 0 Å². The maximum Gasteiger partial charge on any atom is 0.0473 e. The summed E-state index contributed by atoms with van der Waals surface area (Å²) in [4.78, 5) is 4.98. The van der Waals surface area contributed by atoms with Crippen molar-refractivity contribution in [2.45, 2.75) is 38.5 Å². The maximum atomic E-state index is 2.49. The second-order valence-corrected chi connectivity index (χ2v) is 31.1. The Bertz CT molecular complexity index is 6980. The van der Waals surface area contributed by atoms with Crippen molar-refractivity contribution in [1.29, 1.82) is 0 Å². The summed E-state index contributed by atoms with van der Waals surface area (Å²) in [5.74, 6) is 0. The normalized spacial score (nSPS) is 13.1. The van der Waals surface area contributed by atoms with Crippen molar-refractivity contribution in [3.05, 3.63) is 411 Å². The molecule has 518 valence electrons. The molecule has 2 aliphatic rings. The molecule has 0 radical (unpaired) electrons. The first-order chi connectivity index (χ1) is 54.0. The minimum atomic E-state index is -0.344. The lowest BCUT2D eigenvalue weighted by Gasteiger charge is -2.29. The molecule has 2 nitrogen and oxygen atoms in total. The van der Waals surface area contributed by atoms with Crippen LogP contribution in [-0.4, -0.2) is 0 Å². The molecule has 0 aromatic heterocycles. The molecule has 2 aliphatic carbocycles. The molecule has 0 spiro atoms. The van der Waals surface area contributed by atoms with Crippen LogP contribution in [0.15, 0.2) is 388 Å². The van der Waals surface area contributed by atoms with E-state index in [1.54, 1.807) is 0 Å². The first-order valence-corrected chi connectivity index (χ1v) is 38.5. The average Bonchev–Trinajstić information content (AvgIpc) is 1.56. The molecule has 0 amide bonds. The summed E-state index contributed by atoms with van der Waals surface area (Å²) < 4.78 is 0. The van der Waals surface area contributed by atoms with E-state index >= 15 is 0 Å². The lowest BCUT2D eigenvalue weighted by molar-refractivity contribution is 0.660. The van der Waals surface area contributed by atoms with Crippen molar-refractivity contribution in [1.82, 2.24) is 0 Å². The molecule has 0 bridgehead atoms. The van der Waals surface area contributed by atoms with Crippen LogP contribution in [-0.2, 0) is 10.8 Å². The highest BCUT2D eigenvalue weighted by atomic mass is 15.1. The third-order valence-corrected chi connectivity index (χ3v) is 24.1. The molecule has 0 heterocycles. The predicted octanol–water partition coefficient (Wildman–Crippen LogP) is 30.2. The highest BCUT2D eigenvalue weighted by Crippen LogP contribution is 2.55. The van der Waals surface area contributed by atoms with Gasteiger partial charge in [-0.05, 0) is 279 Å². The molecule has 0 unspecified atom stereocenters. The summed E-state index contributed by atoms with van der Waals surface area (Å²) in [7, 11) is 0. The van der Waals surface area contributed by atoms with Gasteiger partial charge in [-0.25, -0.2) is 0 Å². The standard InChI is InChI=1S/C108H76N2/c1-107(2)103-47-18-17-44-97(103)98-55-50-73(67-105(98)107)69-48-52-81(53-49-69)109(82-33-20-31-75(60-82)100-65-77-26-7-11-38-90(77)93-40-13-15-42-95(93)100)86-62-79(58-80(63-86)92-46-23-29-71-25-6-10-37-88(71)92)72-51-57-104-102(64-72)99-56-54-85(68-106(99)108(104,3)4)110(83-34-19-30-74(59-83)89-45-22-28-70-24-5-9-36-87(70)89)84-35-21-32-76(61-84)101-66-78-27-8-12-39-91(78)94-41-14-16-43-96(94)101/h5-68H,1-4H3. The van der Waals surface area contributed by atoms with Gasteiger partial charge in [-0.15, -0.1) is 0 Å². The molecule has 0 N–H and O–H groups in total. The number of nitrogens with zero attached hydrogens (tertiary/aromatic N) is 2. The van der Waals surface area contributed by atoms with E-state index in [9.17, 15) is 0 Å². The van der Waals surface area contributed by atoms with Crippen LogP contribution in [0.2, 0.25) is 0 Å². The number of fused-ring (bicyclic) bond motifs is 14. The molecule has 2 heteroatoms. The van der Waals surface area contributed by atoms with Crippen LogP contribution in [0.5, 0.6) is 0 Å². The molecule has 110 heavy (non-hydrogen) atoms. The fourth-order valence-electron chi connectivity index (χ4n) is 18.7.